The molecule has 0 aliphatic carbocycles. The number of rotatable bonds is 6. The van der Waals surface area contributed by atoms with E-state index in [1.54, 1.807) is 7.11 Å². The van der Waals surface area contributed by atoms with Crippen LogP contribution in [0.4, 0.5) is 0 Å². The van der Waals surface area contributed by atoms with E-state index in [2.05, 4.69) is 10.5 Å². The molecule has 0 aliphatic rings. The second-order valence-electron chi connectivity index (χ2n) is 3.87. The number of nitrogens with one attached hydrogen (secondary N) is 1. The molecule has 94 valence electrons. The molecule has 0 aromatic heterocycles. The number of oxime groups is 1. The zero-order chi connectivity index (χ0) is 12.7. The Balaban J connectivity index is 2.46. The van der Waals surface area contributed by atoms with Crippen molar-refractivity contribution in [1.29, 1.82) is 0 Å². The minimum Gasteiger partial charge on any atom is -0.496 e. The van der Waals surface area contributed by atoms with E-state index in [1.165, 1.54) is 0 Å². The third-order valence-corrected chi connectivity index (χ3v) is 2.58. The highest BCUT2D eigenvalue weighted by molar-refractivity contribution is 5.82. The molecule has 0 heterocycles. The Morgan fingerprint density at radius 1 is 1.53 bits per heavy atom. The van der Waals surface area contributed by atoms with E-state index >= 15 is 0 Å². The average Bonchev–Trinajstić information content (AvgIpc) is 2.38. The highest BCUT2D eigenvalue weighted by Gasteiger charge is 2.07. The molecule has 5 heteroatoms. The summed E-state index contributed by atoms with van der Waals surface area (Å²) in [5, 5.41) is 14.7. The number of nitrogens with two attached hydrogens (primary N) is 1. The first-order valence-electron chi connectivity index (χ1n) is 5.49. The van der Waals surface area contributed by atoms with E-state index in [0.717, 1.165) is 11.3 Å². The van der Waals surface area contributed by atoms with Gasteiger partial charge in [-0.1, -0.05) is 30.3 Å². The molecule has 17 heavy (non-hydrogen) atoms. The van der Waals surface area contributed by atoms with E-state index < -0.39 is 0 Å². The minimum atomic E-state index is -0.00490. The Morgan fingerprint density at radius 2 is 2.24 bits per heavy atom. The largest absolute Gasteiger partial charge is 0.496 e. The van der Waals surface area contributed by atoms with Gasteiger partial charge in [-0.2, -0.15) is 0 Å². The van der Waals surface area contributed by atoms with Crippen LogP contribution in [0.15, 0.2) is 29.4 Å². The van der Waals surface area contributed by atoms with Gasteiger partial charge in [0.25, 0.3) is 0 Å². The summed E-state index contributed by atoms with van der Waals surface area (Å²) in [6.07, 6.45) is 0. The monoisotopic (exact) mass is 237 g/mol. The molecule has 4 N–H and O–H groups in total. The average molecular weight is 237 g/mol. The molecule has 0 radical (unpaired) electrons. The normalized spacial score (nSPS) is 13.4. The molecule has 0 bridgehead atoms. The Kier molecular flexibility index (Phi) is 5.29. The minimum absolute atomic E-state index is 0.00490. The summed E-state index contributed by atoms with van der Waals surface area (Å²) in [4.78, 5) is 0. The molecular formula is C12H19N3O2. The number of methoxy groups -OCH3 is 1. The van der Waals surface area contributed by atoms with Crippen molar-refractivity contribution >= 4 is 5.84 Å². The van der Waals surface area contributed by atoms with Crippen LogP contribution in [-0.4, -0.2) is 24.7 Å². The van der Waals surface area contributed by atoms with Gasteiger partial charge in [-0.15, -0.1) is 0 Å². The van der Waals surface area contributed by atoms with Crippen LogP contribution in [0, 0.1) is 5.92 Å². The Bertz CT molecular complexity index is 380. The fourth-order valence-corrected chi connectivity index (χ4v) is 1.48. The van der Waals surface area contributed by atoms with Gasteiger partial charge < -0.3 is 21.0 Å². The van der Waals surface area contributed by atoms with E-state index in [9.17, 15) is 0 Å². The lowest BCUT2D eigenvalue weighted by Crippen LogP contribution is -2.31. The highest BCUT2D eigenvalue weighted by Crippen LogP contribution is 2.16. The third kappa shape index (κ3) is 3.96. The van der Waals surface area contributed by atoms with Crippen molar-refractivity contribution < 1.29 is 9.94 Å². The van der Waals surface area contributed by atoms with Crippen molar-refractivity contribution in [2.24, 2.45) is 16.8 Å². The van der Waals surface area contributed by atoms with E-state index in [-0.39, 0.29) is 11.8 Å². The number of hydrogen-bond donors (Lipinski definition) is 3. The van der Waals surface area contributed by atoms with Crippen LogP contribution in [0.25, 0.3) is 0 Å². The zero-order valence-electron chi connectivity index (χ0n) is 10.2. The van der Waals surface area contributed by atoms with Gasteiger partial charge >= 0.3 is 0 Å². The molecular weight excluding hydrogens is 218 g/mol. The summed E-state index contributed by atoms with van der Waals surface area (Å²) in [7, 11) is 1.65. The Hall–Kier alpha value is -1.75. The number of hydrogen-bond acceptors (Lipinski definition) is 4. The standard InChI is InChI=1S/C12H19N3O2/c1-9(12(13)15-16)7-14-8-10-5-3-4-6-11(10)17-2/h3-6,9,14,16H,7-8H2,1-2H3,(H2,13,15). The molecule has 1 aromatic rings. The third-order valence-electron chi connectivity index (χ3n) is 2.58. The first kappa shape index (κ1) is 13.3. The summed E-state index contributed by atoms with van der Waals surface area (Å²) in [6.45, 7) is 3.23. The van der Waals surface area contributed by atoms with E-state index in [1.807, 2.05) is 31.2 Å². The SMILES string of the molecule is COc1ccccc1CNCC(C)C(N)=NO. The summed E-state index contributed by atoms with van der Waals surface area (Å²) in [6, 6.07) is 7.82. The molecule has 1 aromatic carbocycles. The summed E-state index contributed by atoms with van der Waals surface area (Å²) in [5.41, 5.74) is 6.57. The van der Waals surface area contributed by atoms with Gasteiger partial charge in [0.15, 0.2) is 0 Å². The summed E-state index contributed by atoms with van der Waals surface area (Å²) in [5.74, 6) is 1.09. The molecule has 0 spiro atoms. The van der Waals surface area contributed by atoms with Crippen molar-refractivity contribution in [3.63, 3.8) is 0 Å². The van der Waals surface area contributed by atoms with Crippen molar-refractivity contribution in [3.05, 3.63) is 29.8 Å². The van der Waals surface area contributed by atoms with E-state index in [4.69, 9.17) is 15.7 Å². The zero-order valence-corrected chi connectivity index (χ0v) is 10.2. The van der Waals surface area contributed by atoms with Crippen LogP contribution < -0.4 is 15.8 Å². The molecule has 0 saturated carbocycles. The van der Waals surface area contributed by atoms with Crippen molar-refractivity contribution in [3.8, 4) is 5.75 Å². The van der Waals surface area contributed by atoms with Crippen molar-refractivity contribution in [2.75, 3.05) is 13.7 Å². The maximum atomic E-state index is 8.52. The van der Waals surface area contributed by atoms with Crippen LogP contribution in [-0.2, 0) is 6.54 Å². The molecule has 1 atom stereocenters. The molecule has 5 nitrogen and oxygen atoms in total. The highest BCUT2D eigenvalue weighted by atomic mass is 16.5. The quantitative estimate of drug-likeness (QED) is 0.300. The maximum Gasteiger partial charge on any atom is 0.143 e. The number of ether oxygens (including phenoxy) is 1. The lowest BCUT2D eigenvalue weighted by atomic mass is 10.1. The topological polar surface area (TPSA) is 79.9 Å². The smallest absolute Gasteiger partial charge is 0.143 e. The summed E-state index contributed by atoms with van der Waals surface area (Å²) >= 11 is 0. The molecule has 0 amide bonds. The van der Waals surface area contributed by atoms with Crippen LogP contribution >= 0.6 is 0 Å². The van der Waals surface area contributed by atoms with Crippen LogP contribution in [0.3, 0.4) is 0 Å². The molecule has 0 aliphatic heterocycles. The molecule has 0 fully saturated rings. The molecule has 1 unspecified atom stereocenters. The van der Waals surface area contributed by atoms with Gasteiger partial charge in [-0.05, 0) is 6.07 Å². The van der Waals surface area contributed by atoms with Gasteiger partial charge in [-0.25, -0.2) is 0 Å². The van der Waals surface area contributed by atoms with Gasteiger partial charge in [0.1, 0.15) is 11.6 Å². The predicted molar refractivity (Wildman–Crippen MR) is 67.3 cm³/mol. The Labute approximate surface area is 101 Å². The first-order chi connectivity index (χ1) is 8.19. The lowest BCUT2D eigenvalue weighted by molar-refractivity contribution is 0.314. The van der Waals surface area contributed by atoms with Gasteiger partial charge in [0.2, 0.25) is 0 Å². The summed E-state index contributed by atoms with van der Waals surface area (Å²) < 4.78 is 5.24. The van der Waals surface area contributed by atoms with Gasteiger partial charge in [0, 0.05) is 24.6 Å². The Morgan fingerprint density at radius 3 is 2.88 bits per heavy atom. The first-order valence-corrected chi connectivity index (χ1v) is 5.49. The molecule has 0 saturated heterocycles. The van der Waals surface area contributed by atoms with Crippen LogP contribution in [0.1, 0.15) is 12.5 Å². The number of benzene rings is 1. The van der Waals surface area contributed by atoms with E-state index in [0.29, 0.717) is 13.1 Å². The van der Waals surface area contributed by atoms with Gasteiger partial charge in [0.05, 0.1) is 7.11 Å². The fourth-order valence-electron chi connectivity index (χ4n) is 1.48. The maximum absolute atomic E-state index is 8.52. The number of amidine groups is 1. The van der Waals surface area contributed by atoms with Gasteiger partial charge in [-0.3, -0.25) is 0 Å². The number of nitrogens with zero attached hydrogens (tertiary/aromatic N) is 1. The lowest BCUT2D eigenvalue weighted by Gasteiger charge is -2.12. The van der Waals surface area contributed by atoms with Crippen molar-refractivity contribution in [1.82, 2.24) is 5.32 Å². The van der Waals surface area contributed by atoms with Crippen molar-refractivity contribution in [2.45, 2.75) is 13.5 Å². The number of para-hydroxylation sites is 1. The molecule has 1 rings (SSSR count). The van der Waals surface area contributed by atoms with Crippen LogP contribution in [0.2, 0.25) is 0 Å². The second-order valence-corrected chi connectivity index (χ2v) is 3.87. The predicted octanol–water partition coefficient (Wildman–Crippen LogP) is 1.17. The second kappa shape index (κ2) is 6.75. The fraction of sp³-hybridized carbons (Fsp3) is 0.417. The van der Waals surface area contributed by atoms with Crippen LogP contribution in [0.5, 0.6) is 5.75 Å².